The van der Waals surface area contributed by atoms with E-state index in [4.69, 9.17) is 4.74 Å². The fourth-order valence-electron chi connectivity index (χ4n) is 1.78. The highest BCUT2D eigenvalue weighted by Crippen LogP contribution is 2.40. The maximum absolute atomic E-state index is 10.1. The van der Waals surface area contributed by atoms with Gasteiger partial charge in [-0.15, -0.1) is 11.3 Å². The maximum atomic E-state index is 10.1. The zero-order valence-corrected chi connectivity index (χ0v) is 9.38. The lowest BCUT2D eigenvalue weighted by atomic mass is 10.1. The zero-order valence-electron chi connectivity index (χ0n) is 8.56. The van der Waals surface area contributed by atoms with Crippen molar-refractivity contribution in [2.24, 2.45) is 5.92 Å². The molecule has 0 radical (unpaired) electrons. The van der Waals surface area contributed by atoms with Gasteiger partial charge >= 0.3 is 0 Å². The first-order valence-corrected chi connectivity index (χ1v) is 5.81. The van der Waals surface area contributed by atoms with E-state index >= 15 is 0 Å². The highest BCUT2D eigenvalue weighted by Gasteiger charge is 2.37. The molecule has 0 aromatic carbocycles. The monoisotopic (exact) mass is 212 g/mol. The van der Waals surface area contributed by atoms with Crippen molar-refractivity contribution in [3.05, 3.63) is 21.9 Å². The minimum atomic E-state index is -0.439. The van der Waals surface area contributed by atoms with Gasteiger partial charge in [0.1, 0.15) is 6.10 Å². The summed E-state index contributed by atoms with van der Waals surface area (Å²) in [4.78, 5) is 2.27. The van der Waals surface area contributed by atoms with Crippen molar-refractivity contribution < 1.29 is 9.84 Å². The van der Waals surface area contributed by atoms with Crippen LogP contribution in [0.4, 0.5) is 0 Å². The molecule has 78 valence electrons. The summed E-state index contributed by atoms with van der Waals surface area (Å²) in [5, 5.41) is 10.1. The Hall–Kier alpha value is -0.380. The molecule has 0 aliphatic heterocycles. The van der Waals surface area contributed by atoms with Gasteiger partial charge in [-0.05, 0) is 37.8 Å². The fourth-order valence-corrected chi connectivity index (χ4v) is 2.68. The first kappa shape index (κ1) is 10.1. The minimum absolute atomic E-state index is 0.00644. The Balaban J connectivity index is 2.08. The molecule has 1 heterocycles. The molecule has 1 aromatic heterocycles. The van der Waals surface area contributed by atoms with Crippen LogP contribution in [-0.2, 0) is 4.74 Å². The van der Waals surface area contributed by atoms with Gasteiger partial charge in [0.2, 0.25) is 0 Å². The predicted octanol–water partition coefficient (Wildman–Crippen LogP) is 2.51. The summed E-state index contributed by atoms with van der Waals surface area (Å²) >= 11 is 1.65. The number of aliphatic hydroxyl groups is 1. The highest BCUT2D eigenvalue weighted by molar-refractivity contribution is 7.12. The number of hydrogen-bond donors (Lipinski definition) is 1. The SMILES string of the molecule is COC(C1CC1)C(O)c1ccc(C)s1. The Kier molecular flexibility index (Phi) is 2.91. The topological polar surface area (TPSA) is 29.5 Å². The molecule has 0 bridgehead atoms. The number of methoxy groups -OCH3 is 1. The van der Waals surface area contributed by atoms with Crippen molar-refractivity contribution >= 4 is 11.3 Å². The summed E-state index contributed by atoms with van der Waals surface area (Å²) in [6, 6.07) is 4.04. The largest absolute Gasteiger partial charge is 0.385 e. The average molecular weight is 212 g/mol. The van der Waals surface area contributed by atoms with Crippen molar-refractivity contribution in [2.75, 3.05) is 7.11 Å². The van der Waals surface area contributed by atoms with Gasteiger partial charge in [-0.3, -0.25) is 0 Å². The number of rotatable bonds is 4. The molecule has 1 aliphatic rings. The van der Waals surface area contributed by atoms with Gasteiger partial charge in [-0.2, -0.15) is 0 Å². The van der Waals surface area contributed by atoms with Gasteiger partial charge in [0.15, 0.2) is 0 Å². The van der Waals surface area contributed by atoms with E-state index in [0.29, 0.717) is 5.92 Å². The molecule has 1 aromatic rings. The van der Waals surface area contributed by atoms with Crippen molar-refractivity contribution in [2.45, 2.75) is 32.0 Å². The summed E-state index contributed by atoms with van der Waals surface area (Å²) in [5.74, 6) is 0.567. The molecule has 1 N–H and O–H groups in total. The normalized spacial score (nSPS) is 20.8. The van der Waals surface area contributed by atoms with Crippen LogP contribution < -0.4 is 0 Å². The standard InChI is InChI=1S/C11H16O2S/c1-7-3-6-9(14-7)10(12)11(13-2)8-4-5-8/h3,6,8,10-12H,4-5H2,1-2H3. The van der Waals surface area contributed by atoms with Crippen LogP contribution in [0.2, 0.25) is 0 Å². The van der Waals surface area contributed by atoms with Crippen molar-refractivity contribution in [3.63, 3.8) is 0 Å². The molecule has 2 unspecified atom stereocenters. The smallest absolute Gasteiger partial charge is 0.114 e. The van der Waals surface area contributed by atoms with Crippen molar-refractivity contribution in [3.8, 4) is 0 Å². The van der Waals surface area contributed by atoms with E-state index in [9.17, 15) is 5.11 Å². The van der Waals surface area contributed by atoms with Gasteiger partial charge < -0.3 is 9.84 Å². The van der Waals surface area contributed by atoms with E-state index in [0.717, 1.165) is 4.88 Å². The van der Waals surface area contributed by atoms with E-state index < -0.39 is 6.10 Å². The van der Waals surface area contributed by atoms with Gasteiger partial charge in [0.25, 0.3) is 0 Å². The lowest BCUT2D eigenvalue weighted by Gasteiger charge is -2.19. The van der Waals surface area contributed by atoms with E-state index in [1.54, 1.807) is 18.4 Å². The third kappa shape index (κ3) is 2.00. The lowest BCUT2D eigenvalue weighted by Crippen LogP contribution is -2.22. The molecule has 1 saturated carbocycles. The molecular formula is C11H16O2S. The Labute approximate surface area is 88.5 Å². The second kappa shape index (κ2) is 4.01. The Morgan fingerprint density at radius 1 is 1.50 bits per heavy atom. The van der Waals surface area contributed by atoms with Gasteiger partial charge in [-0.1, -0.05) is 0 Å². The van der Waals surface area contributed by atoms with E-state index in [1.807, 2.05) is 12.1 Å². The van der Waals surface area contributed by atoms with Crippen LogP contribution in [0.15, 0.2) is 12.1 Å². The highest BCUT2D eigenvalue weighted by atomic mass is 32.1. The molecule has 1 aliphatic carbocycles. The first-order valence-electron chi connectivity index (χ1n) is 4.99. The third-order valence-corrected chi connectivity index (χ3v) is 3.79. The molecule has 2 nitrogen and oxygen atoms in total. The summed E-state index contributed by atoms with van der Waals surface area (Å²) in [6.45, 7) is 2.06. The average Bonchev–Trinajstić information content (AvgIpc) is 2.90. The number of thiophene rings is 1. The molecule has 2 atom stereocenters. The van der Waals surface area contributed by atoms with Gasteiger partial charge in [-0.25, -0.2) is 0 Å². The Bertz CT molecular complexity index is 304. The van der Waals surface area contributed by atoms with Crippen LogP contribution >= 0.6 is 11.3 Å². The van der Waals surface area contributed by atoms with E-state index in [-0.39, 0.29) is 6.10 Å². The molecule has 2 rings (SSSR count). The molecular weight excluding hydrogens is 196 g/mol. The maximum Gasteiger partial charge on any atom is 0.114 e. The van der Waals surface area contributed by atoms with Crippen LogP contribution in [0, 0.1) is 12.8 Å². The van der Waals surface area contributed by atoms with E-state index in [1.165, 1.54) is 17.7 Å². The summed E-state index contributed by atoms with van der Waals surface area (Å²) in [6.07, 6.45) is 1.94. The molecule has 0 spiro atoms. The number of hydrogen-bond acceptors (Lipinski definition) is 3. The van der Waals surface area contributed by atoms with E-state index in [2.05, 4.69) is 6.92 Å². The number of aryl methyl sites for hydroxylation is 1. The van der Waals surface area contributed by atoms with Crippen LogP contribution in [0.3, 0.4) is 0 Å². The van der Waals surface area contributed by atoms with Crippen molar-refractivity contribution in [1.82, 2.24) is 0 Å². The predicted molar refractivity (Wildman–Crippen MR) is 57.5 cm³/mol. The molecule has 0 saturated heterocycles. The molecule has 0 amide bonds. The van der Waals surface area contributed by atoms with Crippen LogP contribution in [0.25, 0.3) is 0 Å². The minimum Gasteiger partial charge on any atom is -0.385 e. The Morgan fingerprint density at radius 2 is 2.21 bits per heavy atom. The first-order chi connectivity index (χ1) is 6.72. The van der Waals surface area contributed by atoms with Crippen LogP contribution in [-0.4, -0.2) is 18.3 Å². The molecule has 1 fully saturated rings. The van der Waals surface area contributed by atoms with Crippen LogP contribution in [0.1, 0.15) is 28.7 Å². The zero-order chi connectivity index (χ0) is 10.1. The van der Waals surface area contributed by atoms with Gasteiger partial charge in [0.05, 0.1) is 6.10 Å². The number of ether oxygens (including phenoxy) is 1. The summed E-state index contributed by atoms with van der Waals surface area (Å²) < 4.78 is 5.36. The second-order valence-electron chi connectivity index (χ2n) is 3.93. The third-order valence-electron chi connectivity index (χ3n) is 2.72. The van der Waals surface area contributed by atoms with Crippen molar-refractivity contribution in [1.29, 1.82) is 0 Å². The van der Waals surface area contributed by atoms with Gasteiger partial charge in [0, 0.05) is 16.9 Å². The van der Waals surface area contributed by atoms with Crippen LogP contribution in [0.5, 0.6) is 0 Å². The molecule has 3 heteroatoms. The summed E-state index contributed by atoms with van der Waals surface area (Å²) in [7, 11) is 1.69. The second-order valence-corrected chi connectivity index (χ2v) is 5.25. The lowest BCUT2D eigenvalue weighted by molar-refractivity contribution is -0.0242. The number of aliphatic hydroxyl groups excluding tert-OH is 1. The Morgan fingerprint density at radius 3 is 2.64 bits per heavy atom. The molecule has 14 heavy (non-hydrogen) atoms. The quantitative estimate of drug-likeness (QED) is 0.831. The summed E-state index contributed by atoms with van der Waals surface area (Å²) in [5.41, 5.74) is 0. The fraction of sp³-hybridized carbons (Fsp3) is 0.636.